The van der Waals surface area contributed by atoms with Crippen LogP contribution in [0.2, 0.25) is 0 Å². The number of benzene rings is 1. The van der Waals surface area contributed by atoms with Crippen molar-refractivity contribution in [3.05, 3.63) is 40.9 Å². The van der Waals surface area contributed by atoms with Crippen LogP contribution in [0.1, 0.15) is 13.8 Å². The summed E-state index contributed by atoms with van der Waals surface area (Å²) in [5, 5.41) is 3.44. The molecule has 0 aliphatic carbocycles. The Hall–Kier alpha value is -0.250. The van der Waals surface area contributed by atoms with Gasteiger partial charge in [-0.2, -0.15) is 0 Å². The average molecular weight is 300 g/mol. The molecule has 1 aromatic carbocycles. The molecular formula is C13H18BrNS. The summed E-state index contributed by atoms with van der Waals surface area (Å²) in [6.07, 6.45) is 0. The first kappa shape index (κ1) is 13.8. The van der Waals surface area contributed by atoms with E-state index in [9.17, 15) is 0 Å². The minimum absolute atomic E-state index is 0.391. The monoisotopic (exact) mass is 299 g/mol. The van der Waals surface area contributed by atoms with Gasteiger partial charge in [0.15, 0.2) is 0 Å². The van der Waals surface area contributed by atoms with Crippen LogP contribution in [-0.2, 0) is 0 Å². The fourth-order valence-corrected chi connectivity index (χ4v) is 3.11. The summed E-state index contributed by atoms with van der Waals surface area (Å²) < 4.78 is 1.16. The van der Waals surface area contributed by atoms with E-state index in [1.165, 1.54) is 10.5 Å². The Balaban J connectivity index is 2.55. The van der Waals surface area contributed by atoms with Gasteiger partial charge in [-0.05, 0) is 41.5 Å². The maximum atomic E-state index is 4.02. The van der Waals surface area contributed by atoms with Gasteiger partial charge in [-0.15, -0.1) is 11.8 Å². The van der Waals surface area contributed by atoms with Crippen molar-refractivity contribution in [2.45, 2.75) is 24.8 Å². The van der Waals surface area contributed by atoms with Gasteiger partial charge in [-0.1, -0.05) is 31.2 Å². The first-order valence-electron chi connectivity index (χ1n) is 5.41. The van der Waals surface area contributed by atoms with E-state index < -0.39 is 0 Å². The Morgan fingerprint density at radius 3 is 2.75 bits per heavy atom. The maximum Gasteiger partial charge on any atom is 0.0368 e. The molecule has 1 N–H and O–H groups in total. The first-order valence-corrected chi connectivity index (χ1v) is 7.19. The molecule has 0 bridgehead atoms. The lowest BCUT2D eigenvalue weighted by Crippen LogP contribution is -2.31. The minimum atomic E-state index is 0.391. The van der Waals surface area contributed by atoms with Crippen LogP contribution in [0, 0.1) is 0 Å². The predicted molar refractivity (Wildman–Crippen MR) is 77.1 cm³/mol. The van der Waals surface area contributed by atoms with Gasteiger partial charge in [0.1, 0.15) is 0 Å². The molecule has 0 aliphatic rings. The van der Waals surface area contributed by atoms with Crippen LogP contribution in [0.5, 0.6) is 0 Å². The number of rotatable bonds is 6. The van der Waals surface area contributed by atoms with Gasteiger partial charge >= 0.3 is 0 Å². The summed E-state index contributed by atoms with van der Waals surface area (Å²) in [4.78, 5) is 1.28. The molecule has 0 amide bonds. The highest BCUT2D eigenvalue weighted by Crippen LogP contribution is 2.28. The molecule has 1 atom stereocenters. The fourth-order valence-electron chi connectivity index (χ4n) is 1.36. The first-order chi connectivity index (χ1) is 7.65. The molecule has 0 fully saturated rings. The quantitative estimate of drug-likeness (QED) is 0.627. The summed E-state index contributed by atoms with van der Waals surface area (Å²) in [5.41, 5.74) is 1.20. The van der Waals surface area contributed by atoms with Gasteiger partial charge in [-0.25, -0.2) is 0 Å². The molecule has 0 saturated carbocycles. The van der Waals surface area contributed by atoms with Crippen LogP contribution in [0.3, 0.4) is 0 Å². The summed E-state index contributed by atoms with van der Waals surface area (Å²) in [6.45, 7) is 9.20. The van der Waals surface area contributed by atoms with Gasteiger partial charge in [0.25, 0.3) is 0 Å². The molecule has 0 heterocycles. The second-order valence-corrected chi connectivity index (χ2v) is 5.61. The second kappa shape index (κ2) is 7.15. The van der Waals surface area contributed by atoms with Crippen molar-refractivity contribution in [2.24, 2.45) is 0 Å². The molecule has 1 unspecified atom stereocenters. The number of nitrogens with one attached hydrogen (secondary N) is 1. The van der Waals surface area contributed by atoms with E-state index in [4.69, 9.17) is 0 Å². The zero-order valence-corrected chi connectivity index (χ0v) is 12.2. The van der Waals surface area contributed by atoms with Gasteiger partial charge in [0.2, 0.25) is 0 Å². The number of halogens is 1. The van der Waals surface area contributed by atoms with Crippen LogP contribution in [0.4, 0.5) is 0 Å². The van der Waals surface area contributed by atoms with E-state index in [-0.39, 0.29) is 0 Å². The molecule has 0 saturated heterocycles. The number of hydrogen-bond acceptors (Lipinski definition) is 2. The van der Waals surface area contributed by atoms with Gasteiger partial charge in [0.05, 0.1) is 0 Å². The van der Waals surface area contributed by atoms with E-state index in [0.29, 0.717) is 6.04 Å². The van der Waals surface area contributed by atoms with E-state index in [1.807, 2.05) is 17.8 Å². The third-order valence-corrected chi connectivity index (χ3v) is 4.41. The number of hydrogen-bond donors (Lipinski definition) is 1. The molecule has 0 aliphatic heterocycles. The minimum Gasteiger partial charge on any atom is -0.310 e. The number of likely N-dealkylation sites (N-methyl/N-ethyl adjacent to an activating group) is 1. The van der Waals surface area contributed by atoms with Gasteiger partial charge < -0.3 is 5.32 Å². The van der Waals surface area contributed by atoms with Crippen LogP contribution < -0.4 is 5.32 Å². The van der Waals surface area contributed by atoms with Crippen LogP contribution in [0.15, 0.2) is 45.8 Å². The van der Waals surface area contributed by atoms with Crippen molar-refractivity contribution in [1.82, 2.24) is 5.32 Å². The van der Waals surface area contributed by atoms with E-state index in [0.717, 1.165) is 16.8 Å². The second-order valence-electron chi connectivity index (χ2n) is 3.70. The van der Waals surface area contributed by atoms with E-state index in [1.54, 1.807) is 0 Å². The lowest BCUT2D eigenvalue weighted by Gasteiger charge is -2.17. The summed E-state index contributed by atoms with van der Waals surface area (Å²) in [5.74, 6) is 1.02. The fraction of sp³-hybridized carbons (Fsp3) is 0.385. The molecule has 0 spiro atoms. The van der Waals surface area contributed by atoms with Crippen molar-refractivity contribution >= 4 is 27.7 Å². The molecule has 1 rings (SSSR count). The normalized spacial score (nSPS) is 12.4. The van der Waals surface area contributed by atoms with Crippen molar-refractivity contribution in [3.8, 4) is 0 Å². The predicted octanol–water partition coefficient (Wildman–Crippen LogP) is 4.10. The highest BCUT2D eigenvalue weighted by Gasteiger charge is 2.09. The van der Waals surface area contributed by atoms with Crippen molar-refractivity contribution in [3.63, 3.8) is 0 Å². The molecule has 88 valence electrons. The smallest absolute Gasteiger partial charge is 0.0368 e. The van der Waals surface area contributed by atoms with Crippen LogP contribution in [-0.4, -0.2) is 18.3 Å². The average Bonchev–Trinajstić information content (AvgIpc) is 2.26. The zero-order chi connectivity index (χ0) is 12.0. The van der Waals surface area contributed by atoms with Gasteiger partial charge in [-0.3, -0.25) is 0 Å². The Morgan fingerprint density at radius 1 is 1.50 bits per heavy atom. The Morgan fingerprint density at radius 2 is 2.19 bits per heavy atom. The Labute approximate surface area is 111 Å². The summed E-state index contributed by atoms with van der Waals surface area (Å²) >= 11 is 5.41. The van der Waals surface area contributed by atoms with Crippen LogP contribution >= 0.6 is 27.7 Å². The Kier molecular flexibility index (Phi) is 6.17. The topological polar surface area (TPSA) is 12.0 Å². The lowest BCUT2D eigenvalue weighted by atomic mass is 10.2. The summed E-state index contributed by atoms with van der Waals surface area (Å²) in [6, 6.07) is 8.70. The van der Waals surface area contributed by atoms with Gasteiger partial charge in [0, 0.05) is 21.2 Å². The van der Waals surface area contributed by atoms with Crippen LogP contribution in [0.25, 0.3) is 0 Å². The standard InChI is InChI=1S/C13H18BrNS/c1-4-15-12(10(2)3)9-16-13-8-6-5-7-11(13)14/h5-8,12,15H,2,4,9H2,1,3H3. The molecule has 3 heteroatoms. The molecule has 0 aromatic heterocycles. The highest BCUT2D eigenvalue weighted by molar-refractivity contribution is 9.10. The van der Waals surface area contributed by atoms with Crippen molar-refractivity contribution in [2.75, 3.05) is 12.3 Å². The molecule has 0 radical (unpaired) electrons. The highest BCUT2D eigenvalue weighted by atomic mass is 79.9. The Bertz CT molecular complexity index is 352. The van der Waals surface area contributed by atoms with Crippen molar-refractivity contribution in [1.29, 1.82) is 0 Å². The SMILES string of the molecule is C=C(C)C(CSc1ccccc1Br)NCC. The molecular weight excluding hydrogens is 282 g/mol. The molecule has 1 nitrogen and oxygen atoms in total. The third-order valence-electron chi connectivity index (χ3n) is 2.29. The zero-order valence-electron chi connectivity index (χ0n) is 9.79. The molecule has 16 heavy (non-hydrogen) atoms. The van der Waals surface area contributed by atoms with E-state index in [2.05, 4.69) is 59.9 Å². The lowest BCUT2D eigenvalue weighted by molar-refractivity contribution is 0.642. The van der Waals surface area contributed by atoms with E-state index >= 15 is 0 Å². The number of thioether (sulfide) groups is 1. The summed E-state index contributed by atoms with van der Waals surface area (Å²) in [7, 11) is 0. The molecule has 1 aromatic rings. The largest absolute Gasteiger partial charge is 0.310 e. The third kappa shape index (κ3) is 4.32. The van der Waals surface area contributed by atoms with Crippen molar-refractivity contribution < 1.29 is 0 Å². The maximum absolute atomic E-state index is 4.02.